The second-order valence-electron chi connectivity index (χ2n) is 13.2. The van der Waals surface area contributed by atoms with Crippen LogP contribution in [0.25, 0.3) is 72.2 Å². The highest BCUT2D eigenvalue weighted by Gasteiger charge is 2.17. The van der Waals surface area contributed by atoms with Crippen LogP contribution in [0, 0.1) is 0 Å². The third-order valence-corrected chi connectivity index (χ3v) is 9.97. The van der Waals surface area contributed by atoms with Gasteiger partial charge in [-0.3, -0.25) is 0 Å². The highest BCUT2D eigenvalue weighted by Crippen LogP contribution is 2.39. The van der Waals surface area contributed by atoms with E-state index in [-0.39, 0.29) is 0 Å². The summed E-state index contributed by atoms with van der Waals surface area (Å²) in [5.74, 6) is 1.06. The quantitative estimate of drug-likeness (QED) is 0.168. The van der Waals surface area contributed by atoms with Gasteiger partial charge in [0.25, 0.3) is 5.89 Å². The number of benzene rings is 8. The van der Waals surface area contributed by atoms with Crippen molar-refractivity contribution in [1.82, 2.24) is 14.7 Å². The monoisotopic (exact) mass is 680 g/mol. The van der Waals surface area contributed by atoms with Gasteiger partial charge < -0.3 is 14.0 Å². The SMILES string of the molecule is c1ccc(-c2noc(-c3ccc(N(c4ccccc4)c4ccc(-n5c6ccccc6c6cc(-c7ccc8ccccc8c7)ccc65)cc4)cc3)n2)cc1. The Bertz CT molecular complexity index is 2870. The molecule has 0 unspecified atom stereocenters. The standard InChI is InChI=1S/C48H32N4O/c1-3-12-34(13-4-1)47-49-48(53-50-47)35-21-24-40(25-22-35)51(39-15-5-2-6-16-39)41-26-28-42(29-27-41)52-45-18-10-9-17-43(45)44-32-38(23-30-46(44)52)37-20-19-33-11-7-8-14-36(33)31-37/h1-32H. The van der Waals surface area contributed by atoms with Crippen molar-refractivity contribution < 1.29 is 4.52 Å². The average Bonchev–Trinajstić information content (AvgIpc) is 3.86. The van der Waals surface area contributed by atoms with Crippen LogP contribution >= 0.6 is 0 Å². The number of anilines is 3. The van der Waals surface area contributed by atoms with E-state index in [0.717, 1.165) is 33.9 Å². The van der Waals surface area contributed by atoms with E-state index < -0.39 is 0 Å². The zero-order valence-electron chi connectivity index (χ0n) is 28.7. The number of nitrogens with zero attached hydrogens (tertiary/aromatic N) is 4. The van der Waals surface area contributed by atoms with Gasteiger partial charge in [-0.05, 0) is 107 Å². The zero-order valence-corrected chi connectivity index (χ0v) is 28.7. The Kier molecular flexibility index (Phi) is 7.40. The molecule has 2 heterocycles. The summed E-state index contributed by atoms with van der Waals surface area (Å²) in [6, 6.07) is 68.2. The van der Waals surface area contributed by atoms with Crippen LogP contribution in [0.3, 0.4) is 0 Å². The molecule has 0 aliphatic carbocycles. The summed E-state index contributed by atoms with van der Waals surface area (Å²) < 4.78 is 8.02. The van der Waals surface area contributed by atoms with Gasteiger partial charge in [0.2, 0.25) is 5.82 Å². The Labute approximate surface area is 306 Å². The second kappa shape index (κ2) is 12.8. The molecule has 250 valence electrons. The smallest absolute Gasteiger partial charge is 0.258 e. The van der Waals surface area contributed by atoms with Gasteiger partial charge >= 0.3 is 0 Å². The van der Waals surface area contributed by atoms with Crippen LogP contribution in [0.5, 0.6) is 0 Å². The maximum atomic E-state index is 5.65. The van der Waals surface area contributed by atoms with Crippen molar-refractivity contribution in [3.63, 3.8) is 0 Å². The zero-order chi connectivity index (χ0) is 35.1. The molecule has 0 bridgehead atoms. The molecule has 8 aromatic carbocycles. The molecule has 0 saturated heterocycles. The topological polar surface area (TPSA) is 47.1 Å². The van der Waals surface area contributed by atoms with Crippen LogP contribution in [-0.4, -0.2) is 14.7 Å². The lowest BCUT2D eigenvalue weighted by Crippen LogP contribution is -2.10. The lowest BCUT2D eigenvalue weighted by molar-refractivity contribution is 0.432. The van der Waals surface area contributed by atoms with Crippen LogP contribution in [0.1, 0.15) is 0 Å². The molecule has 10 aromatic rings. The molecule has 5 heteroatoms. The van der Waals surface area contributed by atoms with Crippen molar-refractivity contribution in [1.29, 1.82) is 0 Å². The summed E-state index contributed by atoms with van der Waals surface area (Å²) in [4.78, 5) is 6.92. The summed E-state index contributed by atoms with van der Waals surface area (Å²) in [7, 11) is 0. The first kappa shape index (κ1) is 30.6. The molecular weight excluding hydrogens is 649 g/mol. The van der Waals surface area contributed by atoms with Crippen molar-refractivity contribution >= 4 is 49.6 Å². The molecule has 0 N–H and O–H groups in total. The van der Waals surface area contributed by atoms with Crippen molar-refractivity contribution in [2.24, 2.45) is 0 Å². The van der Waals surface area contributed by atoms with Crippen LogP contribution in [-0.2, 0) is 0 Å². The summed E-state index contributed by atoms with van der Waals surface area (Å²) in [6.45, 7) is 0. The van der Waals surface area contributed by atoms with Crippen LogP contribution in [0.4, 0.5) is 17.1 Å². The Morgan fingerprint density at radius 1 is 0.415 bits per heavy atom. The van der Waals surface area contributed by atoms with Gasteiger partial charge in [-0.15, -0.1) is 0 Å². The molecule has 0 spiro atoms. The van der Waals surface area contributed by atoms with Crippen molar-refractivity contribution in [3.05, 3.63) is 194 Å². The highest BCUT2D eigenvalue weighted by atomic mass is 16.5. The molecular formula is C48H32N4O. The summed E-state index contributed by atoms with van der Waals surface area (Å²) in [5.41, 5.74) is 10.8. The predicted octanol–water partition coefficient (Wildman–Crippen LogP) is 12.8. The van der Waals surface area contributed by atoms with Crippen LogP contribution in [0.2, 0.25) is 0 Å². The molecule has 53 heavy (non-hydrogen) atoms. The molecule has 0 amide bonds. The Hall–Kier alpha value is -7.24. The average molecular weight is 681 g/mol. The fourth-order valence-corrected chi connectivity index (χ4v) is 7.37. The summed E-state index contributed by atoms with van der Waals surface area (Å²) in [6.07, 6.45) is 0. The van der Waals surface area contributed by atoms with E-state index in [9.17, 15) is 0 Å². The predicted molar refractivity (Wildman–Crippen MR) is 217 cm³/mol. The van der Waals surface area contributed by atoms with Crippen molar-refractivity contribution in [2.75, 3.05) is 4.90 Å². The number of aromatic nitrogens is 3. The minimum absolute atomic E-state index is 0.488. The first-order chi connectivity index (χ1) is 26.3. The molecule has 0 aliphatic heterocycles. The Morgan fingerprint density at radius 2 is 1.00 bits per heavy atom. The number of fused-ring (bicyclic) bond motifs is 4. The fraction of sp³-hybridized carbons (Fsp3) is 0. The van der Waals surface area contributed by atoms with E-state index >= 15 is 0 Å². The van der Waals surface area contributed by atoms with Crippen molar-refractivity contribution in [3.8, 4) is 39.7 Å². The van der Waals surface area contributed by atoms with E-state index in [0.29, 0.717) is 11.7 Å². The van der Waals surface area contributed by atoms with Gasteiger partial charge in [-0.1, -0.05) is 114 Å². The Balaban J connectivity index is 1.01. The maximum Gasteiger partial charge on any atom is 0.258 e. The van der Waals surface area contributed by atoms with E-state index in [2.05, 4.69) is 165 Å². The first-order valence-corrected chi connectivity index (χ1v) is 17.7. The Morgan fingerprint density at radius 3 is 1.79 bits per heavy atom. The summed E-state index contributed by atoms with van der Waals surface area (Å²) in [5, 5.41) is 9.18. The summed E-state index contributed by atoms with van der Waals surface area (Å²) >= 11 is 0. The minimum atomic E-state index is 0.488. The van der Waals surface area contributed by atoms with Crippen LogP contribution < -0.4 is 4.90 Å². The van der Waals surface area contributed by atoms with E-state index in [1.54, 1.807) is 0 Å². The van der Waals surface area contributed by atoms with E-state index in [1.165, 1.54) is 43.7 Å². The first-order valence-electron chi connectivity index (χ1n) is 17.7. The molecule has 0 atom stereocenters. The van der Waals surface area contributed by atoms with E-state index in [4.69, 9.17) is 4.52 Å². The van der Waals surface area contributed by atoms with Gasteiger partial charge in [0.05, 0.1) is 11.0 Å². The third-order valence-electron chi connectivity index (χ3n) is 9.97. The van der Waals surface area contributed by atoms with Crippen LogP contribution in [0.15, 0.2) is 199 Å². The largest absolute Gasteiger partial charge is 0.334 e. The molecule has 0 radical (unpaired) electrons. The number of hydrogen-bond acceptors (Lipinski definition) is 4. The normalized spacial score (nSPS) is 11.4. The van der Waals surface area contributed by atoms with Gasteiger partial charge in [-0.25, -0.2) is 0 Å². The minimum Gasteiger partial charge on any atom is -0.334 e. The molecule has 0 fully saturated rings. The number of rotatable bonds is 7. The van der Waals surface area contributed by atoms with Gasteiger partial charge in [0.1, 0.15) is 0 Å². The van der Waals surface area contributed by atoms with Gasteiger partial charge in [-0.2, -0.15) is 4.98 Å². The molecule has 0 saturated carbocycles. The van der Waals surface area contributed by atoms with Gasteiger partial charge in [0, 0.05) is 44.6 Å². The molecule has 10 rings (SSSR count). The molecule has 0 aliphatic rings. The second-order valence-corrected chi connectivity index (χ2v) is 13.2. The fourth-order valence-electron chi connectivity index (χ4n) is 7.37. The number of para-hydroxylation sites is 2. The van der Waals surface area contributed by atoms with Gasteiger partial charge in [0.15, 0.2) is 0 Å². The number of hydrogen-bond donors (Lipinski definition) is 0. The third kappa shape index (κ3) is 5.52. The lowest BCUT2D eigenvalue weighted by atomic mass is 9.99. The molecule has 5 nitrogen and oxygen atoms in total. The maximum absolute atomic E-state index is 5.65. The highest BCUT2D eigenvalue weighted by molar-refractivity contribution is 6.10. The van der Waals surface area contributed by atoms with E-state index in [1.807, 2.05) is 48.5 Å². The molecule has 2 aromatic heterocycles. The van der Waals surface area contributed by atoms with Crippen molar-refractivity contribution in [2.45, 2.75) is 0 Å². The lowest BCUT2D eigenvalue weighted by Gasteiger charge is -2.26.